The van der Waals surface area contributed by atoms with Crippen LogP contribution in [0, 0.1) is 5.92 Å². The van der Waals surface area contributed by atoms with E-state index in [1.165, 1.54) is 12.1 Å². The number of halogens is 1. The van der Waals surface area contributed by atoms with Crippen molar-refractivity contribution in [2.45, 2.75) is 37.8 Å². The molecule has 0 saturated carbocycles. The molecule has 0 fully saturated rings. The van der Waals surface area contributed by atoms with Gasteiger partial charge >= 0.3 is 5.97 Å². The molecule has 30 heavy (non-hydrogen) atoms. The number of hydrogen-bond donors (Lipinski definition) is 2. The highest BCUT2D eigenvalue weighted by atomic mass is 79.9. The zero-order valence-corrected chi connectivity index (χ0v) is 19.4. The van der Waals surface area contributed by atoms with Crippen LogP contribution in [0.25, 0.3) is 0 Å². The van der Waals surface area contributed by atoms with E-state index < -0.39 is 34.5 Å². The summed E-state index contributed by atoms with van der Waals surface area (Å²) in [6.07, 6.45) is 0. The Morgan fingerprint density at radius 2 is 1.60 bits per heavy atom. The first kappa shape index (κ1) is 24.0. The first-order valence-corrected chi connectivity index (χ1v) is 11.7. The number of nitrogens with one attached hydrogen (secondary N) is 2. The first-order valence-electron chi connectivity index (χ1n) is 9.39. The predicted molar refractivity (Wildman–Crippen MR) is 117 cm³/mol. The molecule has 0 spiro atoms. The molecule has 2 aromatic rings. The molecule has 0 bridgehead atoms. The average Bonchev–Trinajstić information content (AvgIpc) is 2.71. The Hall–Kier alpha value is -2.23. The molecule has 0 radical (unpaired) electrons. The average molecular weight is 497 g/mol. The van der Waals surface area contributed by atoms with Crippen molar-refractivity contribution in [3.63, 3.8) is 0 Å². The summed E-state index contributed by atoms with van der Waals surface area (Å²) in [5, 5.41) is 2.74. The Morgan fingerprint density at radius 3 is 2.17 bits per heavy atom. The number of benzene rings is 2. The second-order valence-corrected chi connectivity index (χ2v) is 9.73. The standard InChI is InChI=1S/C21H25BrN2O5S/c1-14(2)20(24-30(27,28)18-11-9-17(22)10-12-18)21(26)29-13-19(25)23-15(3)16-7-5-4-6-8-16/h4-12,14-15,20,24H,13H2,1-3H3,(H,23,25)/t15?,20-/m0/s1. The van der Waals surface area contributed by atoms with Crippen LogP contribution < -0.4 is 10.0 Å². The monoisotopic (exact) mass is 496 g/mol. The topological polar surface area (TPSA) is 102 Å². The number of sulfonamides is 1. The van der Waals surface area contributed by atoms with Gasteiger partial charge in [-0.1, -0.05) is 60.1 Å². The van der Waals surface area contributed by atoms with Gasteiger partial charge < -0.3 is 10.1 Å². The molecule has 0 aliphatic heterocycles. The molecular weight excluding hydrogens is 472 g/mol. The van der Waals surface area contributed by atoms with Crippen LogP contribution in [0.5, 0.6) is 0 Å². The zero-order valence-electron chi connectivity index (χ0n) is 17.0. The zero-order chi connectivity index (χ0) is 22.3. The summed E-state index contributed by atoms with van der Waals surface area (Å²) in [5.41, 5.74) is 0.916. The minimum atomic E-state index is -3.93. The van der Waals surface area contributed by atoms with E-state index in [1.54, 1.807) is 26.0 Å². The van der Waals surface area contributed by atoms with E-state index in [2.05, 4.69) is 26.0 Å². The van der Waals surface area contributed by atoms with Crippen LogP contribution in [0.1, 0.15) is 32.4 Å². The first-order chi connectivity index (χ1) is 14.1. The van der Waals surface area contributed by atoms with E-state index >= 15 is 0 Å². The molecule has 1 amide bonds. The minimum absolute atomic E-state index is 0.0265. The number of carbonyl (C=O) groups is 2. The summed E-state index contributed by atoms with van der Waals surface area (Å²) in [5.74, 6) is -1.67. The van der Waals surface area contributed by atoms with Gasteiger partial charge in [-0.2, -0.15) is 4.72 Å². The molecule has 162 valence electrons. The Bertz CT molecular complexity index is 963. The van der Waals surface area contributed by atoms with E-state index in [0.717, 1.165) is 10.0 Å². The summed E-state index contributed by atoms with van der Waals surface area (Å²) in [4.78, 5) is 24.6. The van der Waals surface area contributed by atoms with Crippen molar-refractivity contribution >= 4 is 37.8 Å². The van der Waals surface area contributed by atoms with Gasteiger partial charge in [0.25, 0.3) is 5.91 Å². The summed E-state index contributed by atoms with van der Waals surface area (Å²) in [6, 6.07) is 14.0. The number of rotatable bonds is 9. The molecule has 1 unspecified atom stereocenters. The van der Waals surface area contributed by atoms with E-state index in [-0.39, 0.29) is 16.9 Å². The van der Waals surface area contributed by atoms with Crippen LogP contribution in [-0.2, 0) is 24.3 Å². The normalized spacial score (nSPS) is 13.5. The van der Waals surface area contributed by atoms with Crippen LogP contribution >= 0.6 is 15.9 Å². The Labute approximate surface area is 185 Å². The molecule has 2 aromatic carbocycles. The number of amides is 1. The molecule has 2 rings (SSSR count). The van der Waals surface area contributed by atoms with Gasteiger partial charge in [-0.25, -0.2) is 8.42 Å². The molecule has 0 heterocycles. The van der Waals surface area contributed by atoms with Crippen LogP contribution in [0.4, 0.5) is 0 Å². The van der Waals surface area contributed by atoms with Crippen LogP contribution in [0.3, 0.4) is 0 Å². The maximum Gasteiger partial charge on any atom is 0.324 e. The van der Waals surface area contributed by atoms with Crippen molar-refractivity contribution < 1.29 is 22.7 Å². The number of esters is 1. The third-order valence-corrected chi connectivity index (χ3v) is 6.33. The van der Waals surface area contributed by atoms with Crippen molar-refractivity contribution in [3.05, 3.63) is 64.6 Å². The van der Waals surface area contributed by atoms with Gasteiger partial charge in [-0.3, -0.25) is 9.59 Å². The van der Waals surface area contributed by atoms with Gasteiger partial charge in [-0.15, -0.1) is 0 Å². The van der Waals surface area contributed by atoms with Crippen LogP contribution in [0.2, 0.25) is 0 Å². The smallest absolute Gasteiger partial charge is 0.324 e. The van der Waals surface area contributed by atoms with E-state index in [0.29, 0.717) is 0 Å². The fraction of sp³-hybridized carbons (Fsp3) is 0.333. The van der Waals surface area contributed by atoms with Gasteiger partial charge in [0.05, 0.1) is 10.9 Å². The fourth-order valence-corrected chi connectivity index (χ4v) is 4.24. The number of ether oxygens (including phenoxy) is 1. The lowest BCUT2D eigenvalue weighted by Crippen LogP contribution is -2.46. The fourth-order valence-electron chi connectivity index (χ4n) is 2.64. The third kappa shape index (κ3) is 6.93. The minimum Gasteiger partial charge on any atom is -0.454 e. The second-order valence-electron chi connectivity index (χ2n) is 7.10. The SMILES string of the molecule is CC(NC(=O)COC(=O)[C@@H](NS(=O)(=O)c1ccc(Br)cc1)C(C)C)c1ccccc1. The van der Waals surface area contributed by atoms with Gasteiger partial charge in [-0.05, 0) is 42.7 Å². The molecule has 0 saturated heterocycles. The van der Waals surface area contributed by atoms with Crippen molar-refractivity contribution in [2.24, 2.45) is 5.92 Å². The van der Waals surface area contributed by atoms with E-state index in [4.69, 9.17) is 4.74 Å². The highest BCUT2D eigenvalue weighted by molar-refractivity contribution is 9.10. The second kappa shape index (κ2) is 10.7. The maximum absolute atomic E-state index is 12.6. The lowest BCUT2D eigenvalue weighted by Gasteiger charge is -2.21. The molecule has 0 aliphatic carbocycles. The predicted octanol–water partition coefficient (Wildman–Crippen LogP) is 3.17. The van der Waals surface area contributed by atoms with Gasteiger partial charge in [0, 0.05) is 4.47 Å². The largest absolute Gasteiger partial charge is 0.454 e. The Balaban J connectivity index is 1.96. The molecule has 2 N–H and O–H groups in total. The van der Waals surface area contributed by atoms with Gasteiger partial charge in [0.1, 0.15) is 6.04 Å². The van der Waals surface area contributed by atoms with Crippen molar-refractivity contribution in [2.75, 3.05) is 6.61 Å². The molecule has 2 atom stereocenters. The molecule has 0 aliphatic rings. The number of hydrogen-bond acceptors (Lipinski definition) is 5. The lowest BCUT2D eigenvalue weighted by molar-refractivity contribution is -0.151. The van der Waals surface area contributed by atoms with E-state index in [1.807, 2.05) is 37.3 Å². The third-order valence-electron chi connectivity index (χ3n) is 4.35. The Morgan fingerprint density at radius 1 is 1.00 bits per heavy atom. The summed E-state index contributed by atoms with van der Waals surface area (Å²) in [7, 11) is -3.93. The lowest BCUT2D eigenvalue weighted by atomic mass is 10.1. The maximum atomic E-state index is 12.6. The summed E-state index contributed by atoms with van der Waals surface area (Å²) < 4.78 is 33.4. The van der Waals surface area contributed by atoms with E-state index in [9.17, 15) is 18.0 Å². The van der Waals surface area contributed by atoms with Crippen molar-refractivity contribution in [3.8, 4) is 0 Å². The Kier molecular flexibility index (Phi) is 8.57. The summed E-state index contributed by atoms with van der Waals surface area (Å²) in [6.45, 7) is 4.69. The van der Waals surface area contributed by atoms with Crippen LogP contribution in [-0.4, -0.2) is 32.9 Å². The molecule has 9 heteroatoms. The highest BCUT2D eigenvalue weighted by Crippen LogP contribution is 2.16. The van der Waals surface area contributed by atoms with Crippen molar-refractivity contribution in [1.82, 2.24) is 10.0 Å². The van der Waals surface area contributed by atoms with Gasteiger partial charge in [0.15, 0.2) is 6.61 Å². The molecule has 0 aromatic heterocycles. The quantitative estimate of drug-likeness (QED) is 0.519. The van der Waals surface area contributed by atoms with Crippen molar-refractivity contribution in [1.29, 1.82) is 0 Å². The number of carbonyl (C=O) groups excluding carboxylic acids is 2. The molecule has 7 nitrogen and oxygen atoms in total. The molecular formula is C21H25BrN2O5S. The summed E-state index contributed by atoms with van der Waals surface area (Å²) >= 11 is 3.25. The highest BCUT2D eigenvalue weighted by Gasteiger charge is 2.30. The van der Waals surface area contributed by atoms with Crippen LogP contribution in [0.15, 0.2) is 64.0 Å². The van der Waals surface area contributed by atoms with Gasteiger partial charge in [0.2, 0.25) is 10.0 Å².